The molecule has 0 aliphatic heterocycles. The zero-order valence-electron chi connectivity index (χ0n) is 12.2. The van der Waals surface area contributed by atoms with Crippen molar-refractivity contribution in [3.05, 3.63) is 58.7 Å². The zero-order chi connectivity index (χ0) is 14.9. The summed E-state index contributed by atoms with van der Waals surface area (Å²) in [6.07, 6.45) is 0. The molecule has 2 rings (SSSR count). The predicted octanol–water partition coefficient (Wildman–Crippen LogP) is 4.53. The predicted molar refractivity (Wildman–Crippen MR) is 78.7 cm³/mol. The molecule has 20 heavy (non-hydrogen) atoms. The van der Waals surface area contributed by atoms with Gasteiger partial charge in [-0.05, 0) is 68.3 Å². The normalized spacial score (nSPS) is 12.5. The van der Waals surface area contributed by atoms with Crippen LogP contribution in [0.1, 0.15) is 29.7 Å². The van der Waals surface area contributed by atoms with E-state index in [-0.39, 0.29) is 17.7 Å². The molecule has 2 aromatic carbocycles. The second-order valence-corrected chi connectivity index (χ2v) is 5.18. The van der Waals surface area contributed by atoms with E-state index in [1.807, 2.05) is 33.9 Å². The van der Waals surface area contributed by atoms with E-state index < -0.39 is 0 Å². The molecule has 0 bridgehead atoms. The molecule has 1 atom stereocenters. The Bertz CT molecular complexity index is 612. The lowest BCUT2D eigenvalue weighted by molar-refractivity contribution is 0.615. The van der Waals surface area contributed by atoms with Gasteiger partial charge in [-0.15, -0.1) is 0 Å². The van der Waals surface area contributed by atoms with Gasteiger partial charge in [0, 0.05) is 11.6 Å². The van der Waals surface area contributed by atoms with Crippen LogP contribution >= 0.6 is 0 Å². The minimum Gasteiger partial charge on any atom is -0.313 e. The standard InChI is InChI=1S/C17H19F2N/c1-10-7-11(2)17(16(19)8-10)15-9-13(18)5-6-14(15)12(3)20-4/h5-9,12,20H,1-4H3. The molecule has 0 aliphatic carbocycles. The van der Waals surface area contributed by atoms with Crippen LogP contribution in [0, 0.1) is 25.5 Å². The summed E-state index contributed by atoms with van der Waals surface area (Å²) >= 11 is 0. The summed E-state index contributed by atoms with van der Waals surface area (Å²) in [5.41, 5.74) is 3.66. The zero-order valence-corrected chi connectivity index (χ0v) is 12.2. The molecule has 0 spiro atoms. The van der Waals surface area contributed by atoms with E-state index in [0.29, 0.717) is 11.1 Å². The highest BCUT2D eigenvalue weighted by Gasteiger charge is 2.17. The van der Waals surface area contributed by atoms with Gasteiger partial charge in [-0.2, -0.15) is 0 Å². The van der Waals surface area contributed by atoms with Gasteiger partial charge in [0.15, 0.2) is 0 Å². The summed E-state index contributed by atoms with van der Waals surface area (Å²) in [4.78, 5) is 0. The van der Waals surface area contributed by atoms with Crippen LogP contribution in [0.5, 0.6) is 0 Å². The lowest BCUT2D eigenvalue weighted by Crippen LogP contribution is -2.14. The Morgan fingerprint density at radius 1 is 1.05 bits per heavy atom. The fourth-order valence-electron chi connectivity index (χ4n) is 2.53. The molecule has 0 amide bonds. The van der Waals surface area contributed by atoms with E-state index in [2.05, 4.69) is 5.32 Å². The Kier molecular flexibility index (Phi) is 4.19. The molecule has 1 unspecified atom stereocenters. The van der Waals surface area contributed by atoms with Crippen molar-refractivity contribution in [2.24, 2.45) is 0 Å². The van der Waals surface area contributed by atoms with Crippen LogP contribution in [0.2, 0.25) is 0 Å². The van der Waals surface area contributed by atoms with Crippen LogP contribution in [-0.4, -0.2) is 7.05 Å². The van der Waals surface area contributed by atoms with Crippen molar-refractivity contribution < 1.29 is 8.78 Å². The first kappa shape index (κ1) is 14.7. The Hall–Kier alpha value is -1.74. The second-order valence-electron chi connectivity index (χ2n) is 5.18. The molecule has 0 saturated heterocycles. The third kappa shape index (κ3) is 2.73. The quantitative estimate of drug-likeness (QED) is 0.867. The maximum absolute atomic E-state index is 14.3. The monoisotopic (exact) mass is 275 g/mol. The topological polar surface area (TPSA) is 12.0 Å². The summed E-state index contributed by atoms with van der Waals surface area (Å²) < 4.78 is 27.9. The van der Waals surface area contributed by atoms with Crippen LogP contribution < -0.4 is 5.32 Å². The molecule has 3 heteroatoms. The summed E-state index contributed by atoms with van der Waals surface area (Å²) in [7, 11) is 1.83. The fourth-order valence-corrected chi connectivity index (χ4v) is 2.53. The molecular weight excluding hydrogens is 256 g/mol. The lowest BCUT2D eigenvalue weighted by Gasteiger charge is -2.18. The van der Waals surface area contributed by atoms with Crippen LogP contribution in [0.25, 0.3) is 11.1 Å². The maximum atomic E-state index is 14.3. The van der Waals surface area contributed by atoms with Crippen molar-refractivity contribution in [1.29, 1.82) is 0 Å². The SMILES string of the molecule is CNC(C)c1ccc(F)cc1-c1c(C)cc(C)cc1F. The van der Waals surface area contributed by atoms with E-state index in [4.69, 9.17) is 0 Å². The third-order valence-electron chi connectivity index (χ3n) is 3.62. The van der Waals surface area contributed by atoms with Crippen molar-refractivity contribution in [3.8, 4) is 11.1 Å². The highest BCUT2D eigenvalue weighted by molar-refractivity contribution is 5.72. The molecule has 0 radical (unpaired) electrons. The first-order chi connectivity index (χ1) is 9.43. The molecule has 106 valence electrons. The van der Waals surface area contributed by atoms with Crippen molar-refractivity contribution in [2.45, 2.75) is 26.8 Å². The van der Waals surface area contributed by atoms with Gasteiger partial charge >= 0.3 is 0 Å². The smallest absolute Gasteiger partial charge is 0.131 e. The van der Waals surface area contributed by atoms with E-state index in [1.165, 1.54) is 18.2 Å². The fraction of sp³-hybridized carbons (Fsp3) is 0.294. The molecule has 0 fully saturated rings. The maximum Gasteiger partial charge on any atom is 0.131 e. The van der Waals surface area contributed by atoms with Gasteiger partial charge in [0.2, 0.25) is 0 Å². The highest BCUT2D eigenvalue weighted by atomic mass is 19.1. The van der Waals surface area contributed by atoms with E-state index in [9.17, 15) is 8.78 Å². The number of halogens is 2. The van der Waals surface area contributed by atoms with Crippen molar-refractivity contribution in [3.63, 3.8) is 0 Å². The number of rotatable bonds is 3. The van der Waals surface area contributed by atoms with Gasteiger partial charge in [-0.3, -0.25) is 0 Å². The number of benzene rings is 2. The Morgan fingerprint density at radius 2 is 1.75 bits per heavy atom. The average molecular weight is 275 g/mol. The van der Waals surface area contributed by atoms with Crippen LogP contribution in [0.15, 0.2) is 30.3 Å². The van der Waals surface area contributed by atoms with Gasteiger partial charge in [0.1, 0.15) is 11.6 Å². The highest BCUT2D eigenvalue weighted by Crippen LogP contribution is 2.33. The summed E-state index contributed by atoms with van der Waals surface area (Å²) in [5.74, 6) is -0.663. The lowest BCUT2D eigenvalue weighted by atomic mass is 9.91. The van der Waals surface area contributed by atoms with Gasteiger partial charge < -0.3 is 5.32 Å². The largest absolute Gasteiger partial charge is 0.313 e. The van der Waals surface area contributed by atoms with E-state index in [1.54, 1.807) is 6.07 Å². The van der Waals surface area contributed by atoms with Gasteiger partial charge in [0.05, 0.1) is 0 Å². The molecule has 0 aromatic heterocycles. The van der Waals surface area contributed by atoms with Crippen molar-refractivity contribution in [1.82, 2.24) is 5.32 Å². The van der Waals surface area contributed by atoms with Gasteiger partial charge in [-0.1, -0.05) is 12.1 Å². The molecule has 1 N–H and O–H groups in total. The van der Waals surface area contributed by atoms with Gasteiger partial charge in [0.25, 0.3) is 0 Å². The first-order valence-corrected chi connectivity index (χ1v) is 6.68. The Morgan fingerprint density at radius 3 is 2.35 bits per heavy atom. The Labute approximate surface area is 118 Å². The van der Waals surface area contributed by atoms with Crippen molar-refractivity contribution >= 4 is 0 Å². The van der Waals surface area contributed by atoms with Crippen molar-refractivity contribution in [2.75, 3.05) is 7.05 Å². The number of hydrogen-bond acceptors (Lipinski definition) is 1. The van der Waals surface area contributed by atoms with E-state index in [0.717, 1.165) is 16.7 Å². The van der Waals surface area contributed by atoms with Crippen LogP contribution in [0.4, 0.5) is 8.78 Å². The minimum atomic E-state index is -0.355. The van der Waals surface area contributed by atoms with Crippen LogP contribution in [-0.2, 0) is 0 Å². The molecule has 0 aliphatic rings. The first-order valence-electron chi connectivity index (χ1n) is 6.68. The summed E-state index contributed by atoms with van der Waals surface area (Å²) in [6, 6.07) is 7.95. The summed E-state index contributed by atoms with van der Waals surface area (Å²) in [5, 5.41) is 3.12. The molecule has 0 heterocycles. The third-order valence-corrected chi connectivity index (χ3v) is 3.62. The second kappa shape index (κ2) is 5.71. The van der Waals surface area contributed by atoms with Crippen LogP contribution in [0.3, 0.4) is 0 Å². The number of aryl methyl sites for hydroxylation is 2. The molecule has 2 aromatic rings. The number of nitrogens with one attached hydrogen (secondary N) is 1. The summed E-state index contributed by atoms with van der Waals surface area (Å²) in [6.45, 7) is 5.67. The average Bonchev–Trinajstić information content (AvgIpc) is 2.37. The molecular formula is C17H19F2N. The number of hydrogen-bond donors (Lipinski definition) is 1. The van der Waals surface area contributed by atoms with Gasteiger partial charge in [-0.25, -0.2) is 8.78 Å². The molecule has 0 saturated carbocycles. The minimum absolute atomic E-state index is 0.0192. The molecule has 1 nitrogen and oxygen atoms in total. The Balaban J connectivity index is 2.72. The van der Waals surface area contributed by atoms with E-state index >= 15 is 0 Å².